The Kier molecular flexibility index (Phi) is 5.61. The van der Waals surface area contributed by atoms with Crippen molar-refractivity contribution in [1.82, 2.24) is 14.9 Å². The molecule has 3 aromatic rings. The third-order valence-electron chi connectivity index (χ3n) is 6.03. The van der Waals surface area contributed by atoms with Crippen LogP contribution in [0.2, 0.25) is 0 Å². The van der Waals surface area contributed by atoms with Crippen LogP contribution in [0, 0.1) is 0 Å². The summed E-state index contributed by atoms with van der Waals surface area (Å²) in [6, 6.07) is 18.1. The van der Waals surface area contributed by atoms with Gasteiger partial charge in [0.2, 0.25) is 0 Å². The van der Waals surface area contributed by atoms with Gasteiger partial charge in [0, 0.05) is 31.2 Å². The van der Waals surface area contributed by atoms with Gasteiger partial charge >= 0.3 is 0 Å². The van der Waals surface area contributed by atoms with Gasteiger partial charge in [-0.2, -0.15) is 0 Å². The van der Waals surface area contributed by atoms with Crippen molar-refractivity contribution in [2.45, 2.75) is 37.6 Å². The Morgan fingerprint density at radius 1 is 1.16 bits per heavy atom. The third-order valence-corrected chi connectivity index (χ3v) is 6.35. The first-order valence-electron chi connectivity index (χ1n) is 10.7. The van der Waals surface area contributed by atoms with Crippen molar-refractivity contribution in [2.75, 3.05) is 18.6 Å². The number of anilines is 1. The summed E-state index contributed by atoms with van der Waals surface area (Å²) < 4.78 is 13.9. The number of aromatic nitrogens is 2. The fourth-order valence-electron chi connectivity index (χ4n) is 4.61. The molecule has 0 bridgehead atoms. The molecule has 1 aromatic carbocycles. The molecule has 6 nitrogen and oxygen atoms in total. The Balaban J connectivity index is 1.60. The molecule has 0 unspecified atom stereocenters. The van der Waals surface area contributed by atoms with Gasteiger partial charge in [0.05, 0.1) is 30.6 Å². The zero-order valence-electron chi connectivity index (χ0n) is 17.5. The highest BCUT2D eigenvalue weighted by atomic mass is 32.1. The summed E-state index contributed by atoms with van der Waals surface area (Å²) >= 11 is 5.84. The lowest BCUT2D eigenvalue weighted by atomic mass is 10.0. The van der Waals surface area contributed by atoms with Gasteiger partial charge in [-0.3, -0.25) is 4.98 Å². The van der Waals surface area contributed by atoms with Crippen molar-refractivity contribution in [1.29, 1.82) is 0 Å². The van der Waals surface area contributed by atoms with E-state index in [0.717, 1.165) is 43.1 Å². The van der Waals surface area contributed by atoms with Crippen molar-refractivity contribution < 1.29 is 9.47 Å². The van der Waals surface area contributed by atoms with Gasteiger partial charge in [0.15, 0.2) is 5.11 Å². The SMILES string of the molecule is COc1ccccc1N1C(=S)N[C@@H](c2ccccn2)[C@@H]1c1cccn1C[C@@H]1CCCO1. The summed E-state index contributed by atoms with van der Waals surface area (Å²) in [5.74, 6) is 0.788. The first-order chi connectivity index (χ1) is 15.3. The Hall–Kier alpha value is -2.90. The number of nitrogens with zero attached hydrogens (tertiary/aromatic N) is 3. The Morgan fingerprint density at radius 2 is 2.03 bits per heavy atom. The minimum absolute atomic E-state index is 0.0740. The number of hydrogen-bond acceptors (Lipinski definition) is 4. The van der Waals surface area contributed by atoms with Crippen LogP contribution in [-0.4, -0.2) is 34.5 Å². The number of para-hydroxylation sites is 2. The Morgan fingerprint density at radius 3 is 2.81 bits per heavy atom. The number of pyridine rings is 1. The van der Waals surface area contributed by atoms with Crippen molar-refractivity contribution in [3.63, 3.8) is 0 Å². The van der Waals surface area contributed by atoms with Crippen LogP contribution in [0.4, 0.5) is 5.69 Å². The van der Waals surface area contributed by atoms with E-state index in [9.17, 15) is 0 Å². The summed E-state index contributed by atoms with van der Waals surface area (Å²) in [4.78, 5) is 6.81. The molecule has 0 radical (unpaired) electrons. The van der Waals surface area contributed by atoms with Crippen molar-refractivity contribution in [3.05, 3.63) is 78.4 Å². The highest BCUT2D eigenvalue weighted by Gasteiger charge is 2.43. The van der Waals surface area contributed by atoms with E-state index in [1.165, 1.54) is 5.69 Å². The fraction of sp³-hybridized carbons (Fsp3) is 0.333. The molecule has 2 saturated heterocycles. The van der Waals surface area contributed by atoms with Gasteiger partial charge in [0.25, 0.3) is 0 Å². The maximum Gasteiger partial charge on any atom is 0.174 e. The summed E-state index contributed by atoms with van der Waals surface area (Å²) in [7, 11) is 1.69. The summed E-state index contributed by atoms with van der Waals surface area (Å²) in [6.45, 7) is 1.68. The molecule has 2 aliphatic heterocycles. The molecule has 0 spiro atoms. The van der Waals surface area contributed by atoms with Crippen LogP contribution >= 0.6 is 12.2 Å². The number of methoxy groups -OCH3 is 1. The lowest BCUT2D eigenvalue weighted by Gasteiger charge is -2.30. The second-order valence-electron chi connectivity index (χ2n) is 7.89. The van der Waals surface area contributed by atoms with E-state index in [1.807, 2.05) is 48.7 Å². The number of rotatable bonds is 6. The van der Waals surface area contributed by atoms with Crippen LogP contribution in [0.3, 0.4) is 0 Å². The van der Waals surface area contributed by atoms with Crippen LogP contribution in [0.1, 0.15) is 36.3 Å². The number of hydrogen-bond donors (Lipinski definition) is 1. The molecule has 0 saturated carbocycles. The van der Waals surface area contributed by atoms with Gasteiger partial charge in [-0.15, -0.1) is 0 Å². The van der Waals surface area contributed by atoms with E-state index in [4.69, 9.17) is 21.7 Å². The quantitative estimate of drug-likeness (QED) is 0.586. The molecule has 3 atom stereocenters. The molecular weight excluding hydrogens is 408 g/mol. The van der Waals surface area contributed by atoms with Crippen molar-refractivity contribution in [2.24, 2.45) is 0 Å². The van der Waals surface area contributed by atoms with E-state index >= 15 is 0 Å². The predicted octanol–water partition coefficient (Wildman–Crippen LogP) is 4.25. The lowest BCUT2D eigenvalue weighted by molar-refractivity contribution is 0.0961. The van der Waals surface area contributed by atoms with E-state index in [2.05, 4.69) is 38.1 Å². The molecule has 0 amide bonds. The average molecular weight is 435 g/mol. The summed E-state index contributed by atoms with van der Waals surface area (Å²) in [5, 5.41) is 4.19. The Bertz CT molecular complexity index is 1050. The molecule has 31 heavy (non-hydrogen) atoms. The second-order valence-corrected chi connectivity index (χ2v) is 8.28. The highest BCUT2D eigenvalue weighted by molar-refractivity contribution is 7.80. The first kappa shape index (κ1) is 20.0. The molecule has 4 heterocycles. The molecule has 2 fully saturated rings. The van der Waals surface area contributed by atoms with Crippen LogP contribution in [0.15, 0.2) is 67.0 Å². The third kappa shape index (κ3) is 3.79. The maximum atomic E-state index is 5.92. The molecule has 1 N–H and O–H groups in total. The smallest absolute Gasteiger partial charge is 0.174 e. The zero-order chi connectivity index (χ0) is 21.2. The first-order valence-corrected chi connectivity index (χ1v) is 11.1. The molecule has 0 aliphatic carbocycles. The summed E-state index contributed by atoms with van der Waals surface area (Å²) in [6.07, 6.45) is 6.43. The molecule has 7 heteroatoms. The van der Waals surface area contributed by atoms with Gasteiger partial charge in [-0.05, 0) is 61.5 Å². The van der Waals surface area contributed by atoms with Crippen LogP contribution in [-0.2, 0) is 11.3 Å². The number of nitrogens with one attached hydrogen (secondary N) is 1. The molecular formula is C24H26N4O2S. The summed E-state index contributed by atoms with van der Waals surface area (Å²) in [5.41, 5.74) is 3.07. The van der Waals surface area contributed by atoms with E-state index in [1.54, 1.807) is 7.11 Å². The number of thiocarbonyl (C=S) groups is 1. The van der Waals surface area contributed by atoms with E-state index < -0.39 is 0 Å². The fourth-order valence-corrected chi connectivity index (χ4v) is 4.95. The highest BCUT2D eigenvalue weighted by Crippen LogP contribution is 2.44. The molecule has 160 valence electrons. The largest absolute Gasteiger partial charge is 0.495 e. The molecule has 2 aliphatic rings. The van der Waals surface area contributed by atoms with Crippen LogP contribution < -0.4 is 15.0 Å². The van der Waals surface area contributed by atoms with Crippen LogP contribution in [0.25, 0.3) is 0 Å². The Labute approximate surface area is 187 Å². The van der Waals surface area contributed by atoms with Gasteiger partial charge in [-0.1, -0.05) is 18.2 Å². The van der Waals surface area contributed by atoms with E-state index in [0.29, 0.717) is 5.11 Å². The zero-order valence-corrected chi connectivity index (χ0v) is 18.3. The maximum absolute atomic E-state index is 5.92. The normalized spacial score (nSPS) is 23.2. The molecule has 2 aromatic heterocycles. The second kappa shape index (κ2) is 8.69. The van der Waals surface area contributed by atoms with E-state index in [-0.39, 0.29) is 18.2 Å². The topological polar surface area (TPSA) is 51.5 Å². The minimum atomic E-state index is -0.0863. The number of ether oxygens (including phenoxy) is 2. The number of benzene rings is 1. The standard InChI is InChI=1S/C24H26N4O2S/c1-29-21-12-3-2-10-19(21)28-23(22(26-24(28)31)18-9-4-5-13-25-18)20-11-6-14-27(20)16-17-8-7-15-30-17/h2-6,9-14,17,22-23H,7-8,15-16H2,1H3,(H,26,31)/t17-,22-,23-/m0/s1. The monoisotopic (exact) mass is 434 g/mol. The van der Waals surface area contributed by atoms with Crippen LogP contribution in [0.5, 0.6) is 5.75 Å². The molecule has 5 rings (SSSR count). The van der Waals surface area contributed by atoms with Gasteiger partial charge < -0.3 is 24.3 Å². The minimum Gasteiger partial charge on any atom is -0.495 e. The van der Waals surface area contributed by atoms with Crippen molar-refractivity contribution >= 4 is 23.0 Å². The lowest BCUT2D eigenvalue weighted by Crippen LogP contribution is -2.31. The predicted molar refractivity (Wildman–Crippen MR) is 124 cm³/mol. The van der Waals surface area contributed by atoms with Crippen molar-refractivity contribution in [3.8, 4) is 5.75 Å². The van der Waals surface area contributed by atoms with Gasteiger partial charge in [-0.25, -0.2) is 0 Å². The van der Waals surface area contributed by atoms with Gasteiger partial charge in [0.1, 0.15) is 11.8 Å². The average Bonchev–Trinajstić information content (AvgIpc) is 3.55.